The number of rotatable bonds is 5. The molecule has 1 heterocycles. The van der Waals surface area contributed by atoms with Gasteiger partial charge in [-0.05, 0) is 61.0 Å². The molecule has 3 aromatic rings. The van der Waals surface area contributed by atoms with E-state index in [-0.39, 0.29) is 23.7 Å². The summed E-state index contributed by atoms with van der Waals surface area (Å²) in [5, 5.41) is 20.8. The second-order valence-electron chi connectivity index (χ2n) is 7.53. The molecule has 0 spiro atoms. The number of nitrogens with zero attached hydrogens (tertiary/aromatic N) is 1. The van der Waals surface area contributed by atoms with Crippen molar-refractivity contribution in [3.63, 3.8) is 0 Å². The summed E-state index contributed by atoms with van der Waals surface area (Å²) in [6.07, 6.45) is 0. The van der Waals surface area contributed by atoms with E-state index in [1.54, 1.807) is 55.5 Å². The number of ether oxygens (including phenoxy) is 1. The number of aliphatic hydroxyl groups is 1. The molecule has 172 valence electrons. The van der Waals surface area contributed by atoms with Crippen LogP contribution in [0.3, 0.4) is 0 Å². The lowest BCUT2D eigenvalue weighted by atomic mass is 9.95. The van der Waals surface area contributed by atoms with Crippen molar-refractivity contribution < 1.29 is 29.3 Å². The fraction of sp³-hybridized carbons (Fsp3) is 0.115. The number of phenolic OH excluding ortho intramolecular Hbond substituents is 1. The first-order chi connectivity index (χ1) is 16.3. The molecule has 1 fully saturated rings. The van der Waals surface area contributed by atoms with Gasteiger partial charge in [-0.1, -0.05) is 40.2 Å². The fourth-order valence-corrected chi connectivity index (χ4v) is 4.07. The summed E-state index contributed by atoms with van der Waals surface area (Å²) in [6.45, 7) is 1.93. The summed E-state index contributed by atoms with van der Waals surface area (Å²) in [4.78, 5) is 39.6. The van der Waals surface area contributed by atoms with Crippen molar-refractivity contribution in [2.45, 2.75) is 13.0 Å². The molecule has 7 nitrogen and oxygen atoms in total. The first-order valence-electron chi connectivity index (χ1n) is 10.4. The number of hydrogen-bond donors (Lipinski definition) is 2. The van der Waals surface area contributed by atoms with Crippen LogP contribution in [0.25, 0.3) is 5.76 Å². The molecule has 1 amide bonds. The number of anilines is 1. The van der Waals surface area contributed by atoms with Gasteiger partial charge in [0.05, 0.1) is 23.8 Å². The topological polar surface area (TPSA) is 104 Å². The van der Waals surface area contributed by atoms with Crippen LogP contribution in [0.5, 0.6) is 5.75 Å². The lowest BCUT2D eigenvalue weighted by Gasteiger charge is -2.25. The van der Waals surface area contributed by atoms with Gasteiger partial charge in [0.25, 0.3) is 11.7 Å². The predicted octanol–water partition coefficient (Wildman–Crippen LogP) is 4.96. The Kier molecular flexibility index (Phi) is 6.51. The van der Waals surface area contributed by atoms with Crippen LogP contribution in [-0.4, -0.2) is 34.5 Å². The largest absolute Gasteiger partial charge is 0.508 e. The second-order valence-corrected chi connectivity index (χ2v) is 8.45. The number of aromatic hydroxyl groups is 1. The van der Waals surface area contributed by atoms with Crippen LogP contribution in [0.15, 0.2) is 82.8 Å². The van der Waals surface area contributed by atoms with Crippen LogP contribution >= 0.6 is 15.9 Å². The van der Waals surface area contributed by atoms with Gasteiger partial charge in [-0.25, -0.2) is 4.79 Å². The van der Waals surface area contributed by atoms with Gasteiger partial charge >= 0.3 is 5.97 Å². The number of ketones is 1. The average Bonchev–Trinajstić information content (AvgIpc) is 3.10. The number of halogens is 1. The van der Waals surface area contributed by atoms with Gasteiger partial charge in [-0.15, -0.1) is 0 Å². The van der Waals surface area contributed by atoms with Gasteiger partial charge in [0, 0.05) is 15.7 Å². The number of benzene rings is 3. The van der Waals surface area contributed by atoms with E-state index >= 15 is 0 Å². The van der Waals surface area contributed by atoms with E-state index in [2.05, 4.69) is 15.9 Å². The smallest absolute Gasteiger partial charge is 0.338 e. The zero-order valence-electron chi connectivity index (χ0n) is 18.1. The number of hydrogen-bond acceptors (Lipinski definition) is 6. The molecule has 2 N–H and O–H groups in total. The molecule has 1 atom stereocenters. The SMILES string of the molecule is CCOC(=O)c1ccc(N2C(=O)C(=O)/C(=C(/O)c3ccc(Br)cc3)C2c2ccc(O)cc2)cc1. The lowest BCUT2D eigenvalue weighted by molar-refractivity contribution is -0.132. The number of carbonyl (C=O) groups excluding carboxylic acids is 3. The van der Waals surface area contributed by atoms with E-state index in [0.717, 1.165) is 4.47 Å². The Morgan fingerprint density at radius 1 is 0.941 bits per heavy atom. The number of esters is 1. The fourth-order valence-electron chi connectivity index (χ4n) is 3.81. The summed E-state index contributed by atoms with van der Waals surface area (Å²) in [5.74, 6) is -2.45. The quantitative estimate of drug-likeness (QED) is 0.213. The molecule has 1 saturated heterocycles. The maximum absolute atomic E-state index is 13.2. The molecule has 4 rings (SSSR count). The van der Waals surface area contributed by atoms with Crippen molar-refractivity contribution in [1.29, 1.82) is 0 Å². The molecule has 1 aliphatic rings. The van der Waals surface area contributed by atoms with E-state index in [0.29, 0.717) is 22.4 Å². The summed E-state index contributed by atoms with van der Waals surface area (Å²) < 4.78 is 5.79. The molecule has 34 heavy (non-hydrogen) atoms. The van der Waals surface area contributed by atoms with Crippen LogP contribution in [0.2, 0.25) is 0 Å². The van der Waals surface area contributed by atoms with Crippen LogP contribution in [-0.2, 0) is 14.3 Å². The summed E-state index contributed by atoms with van der Waals surface area (Å²) >= 11 is 3.34. The zero-order chi connectivity index (χ0) is 24.4. The van der Waals surface area contributed by atoms with Crippen molar-refractivity contribution in [3.8, 4) is 5.75 Å². The van der Waals surface area contributed by atoms with Crippen molar-refractivity contribution >= 4 is 45.0 Å². The van der Waals surface area contributed by atoms with Gasteiger partial charge in [0.15, 0.2) is 0 Å². The number of aliphatic hydroxyl groups excluding tert-OH is 1. The molecule has 0 saturated carbocycles. The predicted molar refractivity (Wildman–Crippen MR) is 129 cm³/mol. The Labute approximate surface area is 204 Å². The third-order valence-electron chi connectivity index (χ3n) is 5.43. The maximum Gasteiger partial charge on any atom is 0.338 e. The van der Waals surface area contributed by atoms with E-state index in [9.17, 15) is 24.6 Å². The van der Waals surface area contributed by atoms with Crippen LogP contribution in [0.1, 0.15) is 34.5 Å². The highest BCUT2D eigenvalue weighted by molar-refractivity contribution is 9.10. The summed E-state index contributed by atoms with van der Waals surface area (Å²) in [5.41, 5.74) is 1.49. The normalized spacial score (nSPS) is 17.1. The second kappa shape index (κ2) is 9.52. The Hall–Kier alpha value is -3.91. The summed E-state index contributed by atoms with van der Waals surface area (Å²) in [7, 11) is 0. The minimum atomic E-state index is -0.947. The van der Waals surface area contributed by atoms with Gasteiger partial charge in [0.2, 0.25) is 0 Å². The van der Waals surface area contributed by atoms with Crippen molar-refractivity contribution in [2.24, 2.45) is 0 Å². The molecule has 8 heteroatoms. The van der Waals surface area contributed by atoms with E-state index in [4.69, 9.17) is 4.74 Å². The van der Waals surface area contributed by atoms with Gasteiger partial charge < -0.3 is 14.9 Å². The summed E-state index contributed by atoms with van der Waals surface area (Å²) in [6, 6.07) is 17.9. The number of amides is 1. The van der Waals surface area contributed by atoms with Crippen LogP contribution in [0.4, 0.5) is 5.69 Å². The zero-order valence-corrected chi connectivity index (χ0v) is 19.7. The van der Waals surface area contributed by atoms with E-state index < -0.39 is 23.7 Å². The Morgan fingerprint density at radius 2 is 1.53 bits per heavy atom. The number of Topliss-reactive ketones (excluding diaryl/α,β-unsaturated/α-hetero) is 1. The van der Waals surface area contributed by atoms with E-state index in [1.807, 2.05) is 0 Å². The average molecular weight is 522 g/mol. The van der Waals surface area contributed by atoms with Crippen LogP contribution in [0, 0.1) is 0 Å². The molecule has 0 aliphatic carbocycles. The number of phenols is 1. The van der Waals surface area contributed by atoms with Gasteiger partial charge in [-0.3, -0.25) is 14.5 Å². The molecular formula is C26H20BrNO6. The first kappa shape index (κ1) is 23.3. The molecule has 1 aliphatic heterocycles. The minimum absolute atomic E-state index is 0.0207. The van der Waals surface area contributed by atoms with Gasteiger partial charge in [-0.2, -0.15) is 0 Å². The first-order valence-corrected chi connectivity index (χ1v) is 11.2. The number of carbonyl (C=O) groups is 3. The molecule has 1 unspecified atom stereocenters. The molecule has 0 aromatic heterocycles. The van der Waals surface area contributed by atoms with Crippen LogP contribution < -0.4 is 4.90 Å². The Morgan fingerprint density at radius 3 is 2.12 bits per heavy atom. The highest BCUT2D eigenvalue weighted by Crippen LogP contribution is 2.42. The monoisotopic (exact) mass is 521 g/mol. The highest BCUT2D eigenvalue weighted by atomic mass is 79.9. The molecule has 0 radical (unpaired) electrons. The van der Waals surface area contributed by atoms with Gasteiger partial charge in [0.1, 0.15) is 11.5 Å². The van der Waals surface area contributed by atoms with Crippen molar-refractivity contribution in [2.75, 3.05) is 11.5 Å². The molecule has 0 bridgehead atoms. The molecule has 3 aromatic carbocycles. The minimum Gasteiger partial charge on any atom is -0.508 e. The third-order valence-corrected chi connectivity index (χ3v) is 5.96. The van der Waals surface area contributed by atoms with E-state index in [1.165, 1.54) is 29.2 Å². The Bertz CT molecular complexity index is 1280. The standard InChI is InChI=1S/C26H20BrNO6/c1-2-34-26(33)17-5-11-19(12-6-17)28-22(15-7-13-20(29)14-8-15)21(24(31)25(28)32)23(30)16-3-9-18(27)10-4-16/h3-14,22,29-30H,2H2,1H3/b23-21+. The molecular weight excluding hydrogens is 502 g/mol. The Balaban J connectivity index is 1.85. The third kappa shape index (κ3) is 4.32. The maximum atomic E-state index is 13.2. The van der Waals surface area contributed by atoms with Crippen molar-refractivity contribution in [1.82, 2.24) is 0 Å². The highest BCUT2D eigenvalue weighted by Gasteiger charge is 2.47. The lowest BCUT2D eigenvalue weighted by Crippen LogP contribution is -2.29. The van der Waals surface area contributed by atoms with Crippen molar-refractivity contribution in [3.05, 3.63) is 99.5 Å².